The molecule has 124 valence electrons. The molecule has 2 N–H and O–H groups in total. The molecule has 8 heteroatoms. The molecule has 1 aliphatic heterocycles. The molecule has 2 amide bonds. The Morgan fingerprint density at radius 2 is 1.83 bits per heavy atom. The summed E-state index contributed by atoms with van der Waals surface area (Å²) < 4.78 is 4.98. The first kappa shape index (κ1) is 17.6. The highest BCUT2D eigenvalue weighted by Crippen LogP contribution is 2.20. The lowest BCUT2D eigenvalue weighted by Crippen LogP contribution is -2.51. The zero-order valence-corrected chi connectivity index (χ0v) is 13.8. The first-order chi connectivity index (χ1) is 10.9. The Balaban J connectivity index is 1.97. The fraction of sp³-hybridized carbons (Fsp3) is 0.400. The molecular formula is C15H16Cl2N2O4. The zero-order valence-electron chi connectivity index (χ0n) is 12.3. The lowest BCUT2D eigenvalue weighted by molar-refractivity contribution is -0.143. The second-order valence-corrected chi connectivity index (χ2v) is 6.11. The van der Waals surface area contributed by atoms with Crippen molar-refractivity contribution in [3.63, 3.8) is 0 Å². The van der Waals surface area contributed by atoms with Crippen molar-refractivity contribution in [3.05, 3.63) is 33.8 Å². The number of rotatable bonds is 4. The van der Waals surface area contributed by atoms with Gasteiger partial charge >= 0.3 is 5.97 Å². The van der Waals surface area contributed by atoms with Crippen molar-refractivity contribution >= 4 is 41.0 Å². The van der Waals surface area contributed by atoms with Gasteiger partial charge in [-0.05, 0) is 37.5 Å². The van der Waals surface area contributed by atoms with Gasteiger partial charge in [0.2, 0.25) is 5.91 Å². The van der Waals surface area contributed by atoms with Crippen LogP contribution in [0, 0.1) is 0 Å². The van der Waals surface area contributed by atoms with E-state index in [0.29, 0.717) is 23.0 Å². The molecule has 2 rings (SSSR count). The van der Waals surface area contributed by atoms with Gasteiger partial charge in [0.05, 0.1) is 5.56 Å². The molecule has 0 aromatic heterocycles. The van der Waals surface area contributed by atoms with Gasteiger partial charge in [-0.2, -0.15) is 0 Å². The summed E-state index contributed by atoms with van der Waals surface area (Å²) in [4.78, 5) is 36.9. The topological polar surface area (TPSA) is 89.7 Å². The highest BCUT2D eigenvalue weighted by Gasteiger charge is 2.31. The number of halogens is 2. The van der Waals surface area contributed by atoms with Crippen LogP contribution in [-0.2, 0) is 14.3 Å². The number of likely N-dealkylation sites (tertiary alicyclic amines) is 1. The Bertz CT molecular complexity index is 616. The minimum atomic E-state index is -0.713. The van der Waals surface area contributed by atoms with Crippen molar-refractivity contribution in [2.75, 3.05) is 13.2 Å². The molecule has 1 fully saturated rings. The average Bonchev–Trinajstić information content (AvgIpc) is 2.51. The maximum Gasteiger partial charge on any atom is 0.338 e. The molecule has 1 aliphatic rings. The smallest absolute Gasteiger partial charge is 0.338 e. The van der Waals surface area contributed by atoms with Crippen molar-refractivity contribution < 1.29 is 19.1 Å². The standard InChI is InChI=1S/C15H16Cl2N2O4/c16-10-5-9(6-11(17)7-10)15(22)23-8-13(20)19-4-2-1-3-12(19)14(18)21/h5-7,12H,1-4,8H2,(H2,18,21)/t12-/m1/s1. The van der Waals surface area contributed by atoms with Crippen LogP contribution in [0.1, 0.15) is 29.6 Å². The Hall–Kier alpha value is -1.79. The number of primary amides is 1. The molecule has 0 aliphatic carbocycles. The van der Waals surface area contributed by atoms with Crippen LogP contribution < -0.4 is 5.73 Å². The van der Waals surface area contributed by atoms with Gasteiger partial charge in [0.15, 0.2) is 6.61 Å². The van der Waals surface area contributed by atoms with Crippen molar-refractivity contribution in [3.8, 4) is 0 Å². The highest BCUT2D eigenvalue weighted by molar-refractivity contribution is 6.35. The van der Waals surface area contributed by atoms with E-state index in [1.54, 1.807) is 0 Å². The van der Waals surface area contributed by atoms with Crippen molar-refractivity contribution in [1.29, 1.82) is 0 Å². The minimum absolute atomic E-state index is 0.153. The number of piperidine rings is 1. The Labute approximate surface area is 143 Å². The summed E-state index contributed by atoms with van der Waals surface area (Å²) in [7, 11) is 0. The Kier molecular flexibility index (Phi) is 5.85. The van der Waals surface area contributed by atoms with E-state index in [4.69, 9.17) is 33.7 Å². The van der Waals surface area contributed by atoms with E-state index in [1.165, 1.54) is 23.1 Å². The van der Waals surface area contributed by atoms with Crippen LogP contribution in [0.4, 0.5) is 0 Å². The number of amides is 2. The molecule has 0 bridgehead atoms. The molecule has 1 atom stereocenters. The molecule has 6 nitrogen and oxygen atoms in total. The van der Waals surface area contributed by atoms with Crippen LogP contribution in [0.5, 0.6) is 0 Å². The molecule has 1 heterocycles. The van der Waals surface area contributed by atoms with Gasteiger partial charge in [-0.25, -0.2) is 4.79 Å². The summed E-state index contributed by atoms with van der Waals surface area (Å²) in [5.41, 5.74) is 5.46. The van der Waals surface area contributed by atoms with Gasteiger partial charge < -0.3 is 15.4 Å². The predicted molar refractivity (Wildman–Crippen MR) is 85.3 cm³/mol. The van der Waals surface area contributed by atoms with Gasteiger partial charge in [0.25, 0.3) is 5.91 Å². The summed E-state index contributed by atoms with van der Waals surface area (Å²) in [6.45, 7) is -0.0419. The van der Waals surface area contributed by atoms with Crippen LogP contribution in [0.2, 0.25) is 10.0 Å². The molecule has 1 aromatic rings. The molecule has 0 saturated carbocycles. The molecule has 1 saturated heterocycles. The van der Waals surface area contributed by atoms with Crippen molar-refractivity contribution in [2.24, 2.45) is 5.73 Å². The number of carbonyl (C=O) groups excluding carboxylic acids is 3. The first-order valence-corrected chi connectivity index (χ1v) is 7.86. The Morgan fingerprint density at radius 1 is 1.17 bits per heavy atom. The van der Waals surface area contributed by atoms with Crippen molar-refractivity contribution in [2.45, 2.75) is 25.3 Å². The summed E-state index contributed by atoms with van der Waals surface area (Å²) in [5, 5.41) is 0.584. The fourth-order valence-corrected chi connectivity index (χ4v) is 3.02. The number of esters is 1. The van der Waals surface area contributed by atoms with E-state index in [0.717, 1.165) is 12.8 Å². The van der Waals surface area contributed by atoms with E-state index in [-0.39, 0.29) is 5.56 Å². The fourth-order valence-electron chi connectivity index (χ4n) is 2.49. The molecular weight excluding hydrogens is 343 g/mol. The lowest BCUT2D eigenvalue weighted by atomic mass is 10.0. The third kappa shape index (κ3) is 4.59. The number of ether oxygens (including phenoxy) is 1. The molecule has 1 aromatic carbocycles. The van der Waals surface area contributed by atoms with Crippen LogP contribution in [0.3, 0.4) is 0 Å². The summed E-state index contributed by atoms with van der Waals surface area (Å²) in [6.07, 6.45) is 2.14. The van der Waals surface area contributed by atoms with Crippen LogP contribution >= 0.6 is 23.2 Å². The summed E-state index contributed by atoms with van der Waals surface area (Å²) >= 11 is 11.6. The van der Waals surface area contributed by atoms with Gasteiger partial charge in [-0.3, -0.25) is 9.59 Å². The van der Waals surface area contributed by atoms with Gasteiger partial charge in [0.1, 0.15) is 6.04 Å². The molecule has 0 radical (unpaired) electrons. The number of benzene rings is 1. The van der Waals surface area contributed by atoms with Gasteiger partial charge in [-0.1, -0.05) is 23.2 Å². The lowest BCUT2D eigenvalue weighted by Gasteiger charge is -2.33. The first-order valence-electron chi connectivity index (χ1n) is 7.10. The number of nitrogens with two attached hydrogens (primary N) is 1. The minimum Gasteiger partial charge on any atom is -0.452 e. The third-order valence-electron chi connectivity index (χ3n) is 3.58. The Morgan fingerprint density at radius 3 is 2.43 bits per heavy atom. The second-order valence-electron chi connectivity index (χ2n) is 5.24. The summed E-state index contributed by atoms with van der Waals surface area (Å²) in [6, 6.07) is 3.63. The van der Waals surface area contributed by atoms with Gasteiger partial charge in [-0.15, -0.1) is 0 Å². The SMILES string of the molecule is NC(=O)[C@H]1CCCCN1C(=O)COC(=O)c1cc(Cl)cc(Cl)c1. The van der Waals surface area contributed by atoms with E-state index < -0.39 is 30.4 Å². The van der Waals surface area contributed by atoms with E-state index in [9.17, 15) is 14.4 Å². The maximum atomic E-state index is 12.2. The zero-order chi connectivity index (χ0) is 17.0. The van der Waals surface area contributed by atoms with Crippen LogP contribution in [0.25, 0.3) is 0 Å². The summed E-state index contributed by atoms with van der Waals surface area (Å²) in [5.74, 6) is -1.71. The number of nitrogens with zero attached hydrogens (tertiary/aromatic N) is 1. The van der Waals surface area contributed by atoms with E-state index in [2.05, 4.69) is 0 Å². The quantitative estimate of drug-likeness (QED) is 0.833. The highest BCUT2D eigenvalue weighted by atomic mass is 35.5. The number of hydrogen-bond acceptors (Lipinski definition) is 4. The number of hydrogen-bond donors (Lipinski definition) is 1. The largest absolute Gasteiger partial charge is 0.452 e. The van der Waals surface area contributed by atoms with E-state index in [1.807, 2.05) is 0 Å². The molecule has 0 unspecified atom stereocenters. The second kappa shape index (κ2) is 7.66. The molecule has 0 spiro atoms. The number of carbonyl (C=O) groups is 3. The van der Waals surface area contributed by atoms with Crippen molar-refractivity contribution in [1.82, 2.24) is 4.90 Å². The molecule has 23 heavy (non-hydrogen) atoms. The average molecular weight is 359 g/mol. The van der Waals surface area contributed by atoms with Gasteiger partial charge in [0, 0.05) is 16.6 Å². The predicted octanol–water partition coefficient (Wildman–Crippen LogP) is 2.02. The normalized spacial score (nSPS) is 17.7. The van der Waals surface area contributed by atoms with Crippen LogP contribution in [-0.4, -0.2) is 41.9 Å². The third-order valence-corrected chi connectivity index (χ3v) is 4.01. The van der Waals surface area contributed by atoms with Crippen LogP contribution in [0.15, 0.2) is 18.2 Å². The monoisotopic (exact) mass is 358 g/mol. The maximum absolute atomic E-state index is 12.2. The van der Waals surface area contributed by atoms with E-state index >= 15 is 0 Å².